The van der Waals surface area contributed by atoms with Gasteiger partial charge in [0.2, 0.25) is 0 Å². The average Bonchev–Trinajstić information content (AvgIpc) is 3.12. The zero-order valence-corrected chi connectivity index (χ0v) is 16.4. The first-order valence-corrected chi connectivity index (χ1v) is 8.62. The first-order chi connectivity index (χ1) is 13.1. The van der Waals surface area contributed by atoms with Crippen molar-refractivity contribution < 1.29 is 28.5 Å². The number of carbonyl (C=O) groups excluding carboxylic acids is 2. The van der Waals surface area contributed by atoms with E-state index in [0.29, 0.717) is 22.8 Å². The Morgan fingerprint density at radius 2 is 1.85 bits per heavy atom. The van der Waals surface area contributed by atoms with E-state index in [9.17, 15) is 9.59 Å². The lowest BCUT2D eigenvalue weighted by atomic mass is 10.1. The molecule has 0 bridgehead atoms. The van der Waals surface area contributed by atoms with Crippen LogP contribution in [0.3, 0.4) is 0 Å². The molecule has 1 amide bonds. The maximum atomic E-state index is 12.1. The summed E-state index contributed by atoms with van der Waals surface area (Å²) in [4.78, 5) is 26.3. The smallest absolute Gasteiger partial charge is 0.268 e. The van der Waals surface area contributed by atoms with Gasteiger partial charge in [-0.3, -0.25) is 4.79 Å². The van der Waals surface area contributed by atoms with Crippen LogP contribution in [0.4, 0.5) is 0 Å². The van der Waals surface area contributed by atoms with Gasteiger partial charge >= 0.3 is 0 Å². The summed E-state index contributed by atoms with van der Waals surface area (Å²) < 4.78 is 21.4. The predicted molar refractivity (Wildman–Crippen MR) is 101 cm³/mol. The Labute approximate surface area is 164 Å². The van der Waals surface area contributed by atoms with Gasteiger partial charge in [0, 0.05) is 24.9 Å². The third-order valence-electron chi connectivity index (χ3n) is 3.40. The Morgan fingerprint density at radius 3 is 2.44 bits per heavy atom. The molecule has 9 heteroatoms. The van der Waals surface area contributed by atoms with Crippen LogP contribution in [0, 0.1) is 0 Å². The van der Waals surface area contributed by atoms with Gasteiger partial charge in [0.05, 0.1) is 12.1 Å². The highest BCUT2D eigenvalue weighted by atomic mass is 79.9. The number of H-pyrrole nitrogens is 1. The predicted octanol–water partition coefficient (Wildman–Crippen LogP) is 2.39. The summed E-state index contributed by atoms with van der Waals surface area (Å²) in [5, 5.41) is 2.67. The molecule has 0 spiro atoms. The second kappa shape index (κ2) is 10.5. The number of amides is 1. The van der Waals surface area contributed by atoms with Gasteiger partial charge in [-0.1, -0.05) is 0 Å². The van der Waals surface area contributed by atoms with Crippen LogP contribution in [0.25, 0.3) is 5.57 Å². The van der Waals surface area contributed by atoms with Crippen molar-refractivity contribution in [3.05, 3.63) is 46.2 Å². The quantitative estimate of drug-likeness (QED) is 0.436. The molecule has 0 fully saturated rings. The molecule has 2 N–H and O–H groups in total. The van der Waals surface area contributed by atoms with Gasteiger partial charge in [-0.25, -0.2) is 4.79 Å². The van der Waals surface area contributed by atoms with E-state index < -0.39 is 0 Å². The van der Waals surface area contributed by atoms with Crippen LogP contribution in [0.2, 0.25) is 0 Å². The van der Waals surface area contributed by atoms with Crippen molar-refractivity contribution in [3.63, 3.8) is 0 Å². The molecule has 27 heavy (non-hydrogen) atoms. The minimum absolute atomic E-state index is 0.000957. The molecule has 2 aromatic rings. The molecule has 0 atom stereocenters. The highest BCUT2D eigenvalue weighted by molar-refractivity contribution is 9.10. The molecule has 0 radical (unpaired) electrons. The fourth-order valence-corrected chi connectivity index (χ4v) is 2.48. The fraction of sp³-hybridized carbons (Fsp3) is 0.278. The van der Waals surface area contributed by atoms with Crippen molar-refractivity contribution in [3.8, 4) is 11.5 Å². The van der Waals surface area contributed by atoms with Gasteiger partial charge < -0.3 is 29.2 Å². The van der Waals surface area contributed by atoms with Crippen LogP contribution in [0.1, 0.15) is 16.1 Å². The molecule has 2 rings (SSSR count). The number of rotatable bonds is 10. The highest BCUT2D eigenvalue weighted by Crippen LogP contribution is 2.30. The second-order valence-electron chi connectivity index (χ2n) is 5.26. The number of methoxy groups -OCH3 is 2. The third kappa shape index (κ3) is 5.97. The number of ether oxygens (including phenoxy) is 4. The SMILES string of the molecule is COCOc1ccc(C(=C=O)CNC(=O)c2cc(Br)c[nH]2)cc1OCOC. The Balaban J connectivity index is 2.13. The minimum atomic E-state index is -0.343. The standard InChI is InChI=1S/C18H19BrN2O6/c1-24-10-26-16-4-3-12(5-17(16)27-11-25-2)13(9-22)7-21-18(23)15-6-14(19)8-20-15/h3-6,8,20H,7,10-11H2,1-2H3,(H,21,23). The number of aromatic amines is 1. The molecule has 1 aromatic carbocycles. The molecule has 0 unspecified atom stereocenters. The molecule has 0 saturated carbocycles. The summed E-state index contributed by atoms with van der Waals surface area (Å²) in [5.74, 6) is 2.32. The van der Waals surface area contributed by atoms with Crippen LogP contribution in [0.5, 0.6) is 11.5 Å². The largest absolute Gasteiger partial charge is 0.464 e. The van der Waals surface area contributed by atoms with E-state index in [1.54, 1.807) is 30.5 Å². The van der Waals surface area contributed by atoms with E-state index in [2.05, 4.69) is 26.2 Å². The van der Waals surface area contributed by atoms with Gasteiger partial charge in [0.1, 0.15) is 11.6 Å². The number of carbonyl (C=O) groups is 1. The summed E-state index contributed by atoms with van der Waals surface area (Å²) >= 11 is 3.26. The molecular weight excluding hydrogens is 420 g/mol. The van der Waals surface area contributed by atoms with Crippen molar-refractivity contribution >= 4 is 33.4 Å². The zero-order chi connectivity index (χ0) is 19.6. The summed E-state index contributed by atoms with van der Waals surface area (Å²) in [6.45, 7) is 0.0488. The molecular formula is C18H19BrN2O6. The van der Waals surface area contributed by atoms with E-state index in [-0.39, 0.29) is 31.6 Å². The van der Waals surface area contributed by atoms with Gasteiger partial charge in [0.25, 0.3) is 5.91 Å². The van der Waals surface area contributed by atoms with Gasteiger partial charge in [-0.15, -0.1) is 0 Å². The average molecular weight is 439 g/mol. The van der Waals surface area contributed by atoms with Gasteiger partial charge in [-0.2, -0.15) is 0 Å². The van der Waals surface area contributed by atoms with E-state index in [1.165, 1.54) is 14.2 Å². The number of hydrogen-bond acceptors (Lipinski definition) is 6. The van der Waals surface area contributed by atoms with Gasteiger partial charge in [-0.05, 0) is 45.8 Å². The van der Waals surface area contributed by atoms with E-state index in [4.69, 9.17) is 18.9 Å². The van der Waals surface area contributed by atoms with Gasteiger partial charge in [0.15, 0.2) is 25.1 Å². The number of benzene rings is 1. The second-order valence-corrected chi connectivity index (χ2v) is 6.17. The normalized spacial score (nSPS) is 10.2. The lowest BCUT2D eigenvalue weighted by molar-refractivity contribution is 0.0322. The fourth-order valence-electron chi connectivity index (χ4n) is 2.13. The van der Waals surface area contributed by atoms with Crippen LogP contribution in [-0.2, 0) is 14.3 Å². The first-order valence-electron chi connectivity index (χ1n) is 7.83. The summed E-state index contributed by atoms with van der Waals surface area (Å²) in [6.07, 6.45) is 1.64. The highest BCUT2D eigenvalue weighted by Gasteiger charge is 2.13. The van der Waals surface area contributed by atoms with Crippen LogP contribution < -0.4 is 14.8 Å². The maximum absolute atomic E-state index is 12.1. The zero-order valence-electron chi connectivity index (χ0n) is 14.8. The number of halogens is 1. The van der Waals surface area contributed by atoms with Crippen LogP contribution >= 0.6 is 15.9 Å². The van der Waals surface area contributed by atoms with E-state index >= 15 is 0 Å². The lowest BCUT2D eigenvalue weighted by Crippen LogP contribution is -2.25. The van der Waals surface area contributed by atoms with Crippen molar-refractivity contribution in [2.45, 2.75) is 0 Å². The Kier molecular flexibility index (Phi) is 8.09. The monoisotopic (exact) mass is 438 g/mol. The molecule has 1 heterocycles. The minimum Gasteiger partial charge on any atom is -0.464 e. The number of nitrogens with one attached hydrogen (secondary N) is 2. The molecule has 8 nitrogen and oxygen atoms in total. The van der Waals surface area contributed by atoms with Crippen LogP contribution in [-0.4, -0.2) is 51.2 Å². The molecule has 144 valence electrons. The first kappa shape index (κ1) is 20.7. The summed E-state index contributed by atoms with van der Waals surface area (Å²) in [7, 11) is 2.99. The van der Waals surface area contributed by atoms with E-state index in [0.717, 1.165) is 4.47 Å². The third-order valence-corrected chi connectivity index (χ3v) is 3.86. The van der Waals surface area contributed by atoms with Crippen LogP contribution in [0.15, 0.2) is 34.9 Å². The molecule has 1 aromatic heterocycles. The summed E-state index contributed by atoms with van der Waals surface area (Å²) in [6, 6.07) is 6.56. The van der Waals surface area contributed by atoms with Crippen molar-refractivity contribution in [1.82, 2.24) is 10.3 Å². The molecule has 0 aliphatic carbocycles. The molecule has 0 saturated heterocycles. The van der Waals surface area contributed by atoms with Crippen molar-refractivity contribution in [2.75, 3.05) is 34.4 Å². The Hall–Kier alpha value is -2.58. The van der Waals surface area contributed by atoms with Crippen molar-refractivity contribution in [1.29, 1.82) is 0 Å². The summed E-state index contributed by atoms with van der Waals surface area (Å²) in [5.41, 5.74) is 1.17. The topological polar surface area (TPSA) is 98.9 Å². The Bertz CT molecular complexity index is 829. The number of hydrogen-bond donors (Lipinski definition) is 2. The lowest BCUT2D eigenvalue weighted by Gasteiger charge is -2.14. The maximum Gasteiger partial charge on any atom is 0.268 e. The molecule has 0 aliphatic rings. The number of aromatic nitrogens is 1. The molecule has 0 aliphatic heterocycles. The van der Waals surface area contributed by atoms with Crippen molar-refractivity contribution in [2.24, 2.45) is 0 Å². The Morgan fingerprint density at radius 1 is 1.15 bits per heavy atom. The van der Waals surface area contributed by atoms with E-state index in [1.807, 2.05) is 5.94 Å².